The second-order valence-corrected chi connectivity index (χ2v) is 12.1. The summed E-state index contributed by atoms with van der Waals surface area (Å²) in [6.07, 6.45) is 0. The topological polar surface area (TPSA) is 55.1 Å². The third-order valence-electron chi connectivity index (χ3n) is 8.71. The molecule has 0 atom stereocenters. The summed E-state index contributed by atoms with van der Waals surface area (Å²) in [7, 11) is 0. The fraction of sp³-hybridized carbons (Fsp3) is 0. The molecular weight excluding hydrogens is 685 g/mol. The molecule has 0 radical (unpaired) electrons. The molecule has 0 aliphatic rings. The summed E-state index contributed by atoms with van der Waals surface area (Å²) >= 11 is 0. The molecule has 264 valence electrons. The largest absolute Gasteiger partial charge is 0.456 e. The van der Waals surface area contributed by atoms with Gasteiger partial charge >= 0.3 is 0 Å². The third kappa shape index (κ3) is 6.27. The molecule has 0 unspecified atom stereocenters. The molecule has 0 amide bonds. The molecule has 0 fully saturated rings. The molecule has 2 aromatic heterocycles. The van der Waals surface area contributed by atoms with Crippen LogP contribution in [0.1, 0.15) is 27.4 Å². The maximum Gasteiger partial charge on any atom is 0.164 e. The highest BCUT2D eigenvalue weighted by Gasteiger charge is 2.17. The molecule has 0 bridgehead atoms. The molecule has 10 aromatic rings. The molecule has 56 heavy (non-hydrogen) atoms. The Balaban J connectivity index is 1.20. The second kappa shape index (κ2) is 14.3. The van der Waals surface area contributed by atoms with Crippen molar-refractivity contribution >= 4 is 39.0 Å². The molecule has 0 aliphatic carbocycles. The summed E-state index contributed by atoms with van der Waals surface area (Å²) in [6.45, 7) is 0. The monoisotopic (exact) mass is 738 g/mol. The molecule has 10 rings (SSSR count). The minimum absolute atomic E-state index is 0.0171. The van der Waals surface area contributed by atoms with Gasteiger partial charge in [-0.2, -0.15) is 0 Å². The predicted octanol–water partition coefficient (Wildman–Crippen LogP) is 13.6. The highest BCUT2D eigenvalue weighted by atomic mass is 16.3. The highest BCUT2D eigenvalue weighted by molar-refractivity contribution is 6.13. The van der Waals surface area contributed by atoms with Crippen molar-refractivity contribution in [2.24, 2.45) is 0 Å². The van der Waals surface area contributed by atoms with E-state index >= 15 is 0 Å². The van der Waals surface area contributed by atoms with Crippen molar-refractivity contribution in [3.8, 4) is 56.4 Å². The van der Waals surface area contributed by atoms with Crippen molar-refractivity contribution in [2.45, 2.75) is 0 Å². The van der Waals surface area contributed by atoms with Gasteiger partial charge < -0.3 is 9.32 Å². The lowest BCUT2D eigenvalue weighted by Gasteiger charge is -2.25. The summed E-state index contributed by atoms with van der Waals surface area (Å²) in [4.78, 5) is 14.8. The number of aromatic nitrogens is 3. The number of nitrogens with zero attached hydrogens (tertiary/aromatic N) is 4. The minimum atomic E-state index is -1.06. The Kier molecular flexibility index (Phi) is 4.63. The first-order chi connectivity index (χ1) is 36.1. The smallest absolute Gasteiger partial charge is 0.164 e. The predicted molar refractivity (Wildman–Crippen MR) is 229 cm³/mol. The number of hydrogen-bond donors (Lipinski definition) is 0. The maximum absolute atomic E-state index is 9.66. The zero-order valence-electron chi connectivity index (χ0n) is 48.8. The van der Waals surface area contributed by atoms with Crippen molar-refractivity contribution in [1.82, 2.24) is 15.0 Å². The second-order valence-electron chi connectivity index (χ2n) is 12.1. The molecular formula is C51H34N4O. The van der Waals surface area contributed by atoms with E-state index in [2.05, 4.69) is 0 Å². The normalized spacial score (nSPS) is 16.2. The Labute approximate surface area is 353 Å². The summed E-state index contributed by atoms with van der Waals surface area (Å²) < 4.78 is 184. The van der Waals surface area contributed by atoms with Gasteiger partial charge in [-0.3, -0.25) is 0 Å². The first-order valence-corrected chi connectivity index (χ1v) is 17.1. The number of fused-ring (bicyclic) bond motifs is 3. The van der Waals surface area contributed by atoms with Crippen molar-refractivity contribution in [3.05, 3.63) is 206 Å². The van der Waals surface area contributed by atoms with Crippen LogP contribution in [-0.4, -0.2) is 15.0 Å². The fourth-order valence-electron chi connectivity index (χ4n) is 6.13. The maximum atomic E-state index is 9.66. The van der Waals surface area contributed by atoms with Crippen LogP contribution < -0.4 is 4.90 Å². The highest BCUT2D eigenvalue weighted by Crippen LogP contribution is 2.40. The van der Waals surface area contributed by atoms with Gasteiger partial charge in [-0.05, 0) is 76.6 Å². The lowest BCUT2D eigenvalue weighted by atomic mass is 9.97. The van der Waals surface area contributed by atoms with Crippen molar-refractivity contribution in [2.75, 3.05) is 4.90 Å². The van der Waals surface area contributed by atoms with E-state index in [9.17, 15) is 6.85 Å². The van der Waals surface area contributed by atoms with Gasteiger partial charge in [0.2, 0.25) is 0 Å². The number of anilines is 3. The van der Waals surface area contributed by atoms with Crippen LogP contribution in [0.5, 0.6) is 0 Å². The van der Waals surface area contributed by atoms with Gasteiger partial charge in [-0.25, -0.2) is 15.0 Å². The van der Waals surface area contributed by atoms with Crippen LogP contribution in [-0.2, 0) is 0 Å². The van der Waals surface area contributed by atoms with E-state index in [1.54, 1.807) is 24.3 Å². The number of rotatable bonds is 8. The lowest BCUT2D eigenvalue weighted by Crippen LogP contribution is -2.09. The summed E-state index contributed by atoms with van der Waals surface area (Å²) in [5, 5.41) is -0.368. The van der Waals surface area contributed by atoms with Crippen LogP contribution in [0.4, 0.5) is 17.1 Å². The minimum Gasteiger partial charge on any atom is -0.456 e. The molecule has 5 nitrogen and oxygen atoms in total. The first-order valence-electron chi connectivity index (χ1n) is 27.1. The molecule has 8 aromatic carbocycles. The van der Waals surface area contributed by atoms with Crippen LogP contribution in [0.15, 0.2) is 210 Å². The molecule has 0 N–H and O–H groups in total. The van der Waals surface area contributed by atoms with E-state index in [0.717, 1.165) is 11.1 Å². The number of para-hydroxylation sites is 2. The van der Waals surface area contributed by atoms with Crippen molar-refractivity contribution in [3.63, 3.8) is 0 Å². The van der Waals surface area contributed by atoms with Gasteiger partial charge in [0.1, 0.15) is 11.2 Å². The van der Waals surface area contributed by atoms with E-state index < -0.39 is 155 Å². The van der Waals surface area contributed by atoms with Crippen LogP contribution in [0.3, 0.4) is 0 Å². The Hall–Kier alpha value is -7.63. The van der Waals surface area contributed by atoms with Gasteiger partial charge in [-0.1, -0.05) is 151 Å². The molecule has 2 heterocycles. The van der Waals surface area contributed by atoms with Gasteiger partial charge in [-0.15, -0.1) is 0 Å². The van der Waals surface area contributed by atoms with E-state index in [1.807, 2.05) is 60.7 Å². The molecule has 0 spiro atoms. The van der Waals surface area contributed by atoms with Gasteiger partial charge in [0.25, 0.3) is 0 Å². The standard InChI is InChI=1S/C51H34N4O/c1-5-15-36(16-6-1)49-52-50(37-17-7-2-8-18-37)54-51(53-49)38-29-27-35(28-30-38)44-25-14-26-46-48(44)45-32-31-40(34-47(45)56-46)39-19-13-24-43(33-39)55(41-20-9-3-10-21-41)42-22-11-4-12-23-42/h1-34H/i3D,4D,9D,10D,11D,12D,13D,14D,19D,20D,21D,22D,23D,24D,25D,26D,31D,32D,33D,34D. The van der Waals surface area contributed by atoms with Crippen molar-refractivity contribution in [1.29, 1.82) is 0 Å². The quantitative estimate of drug-likeness (QED) is 0.155. The van der Waals surface area contributed by atoms with Gasteiger partial charge in [0, 0.05) is 44.5 Å². The van der Waals surface area contributed by atoms with Crippen molar-refractivity contribution < 1.29 is 31.8 Å². The fourth-order valence-corrected chi connectivity index (χ4v) is 6.13. The Morgan fingerprint density at radius 1 is 0.393 bits per heavy atom. The number of benzene rings is 8. The van der Waals surface area contributed by atoms with Crippen LogP contribution in [0, 0.1) is 0 Å². The van der Waals surface area contributed by atoms with E-state index in [4.69, 9.17) is 39.9 Å². The van der Waals surface area contributed by atoms with Crippen LogP contribution in [0.25, 0.3) is 78.4 Å². The molecule has 5 heteroatoms. The molecule has 0 aliphatic heterocycles. The van der Waals surface area contributed by atoms with Gasteiger partial charge in [0.15, 0.2) is 17.5 Å². The summed E-state index contributed by atoms with van der Waals surface area (Å²) in [5.41, 5.74) is -2.91. The van der Waals surface area contributed by atoms with Gasteiger partial charge in [0.05, 0.1) is 27.4 Å². The summed E-state index contributed by atoms with van der Waals surface area (Å²) in [6, 6.07) is 7.28. The summed E-state index contributed by atoms with van der Waals surface area (Å²) in [5.74, 6) is 1.11. The average molecular weight is 739 g/mol. The Morgan fingerprint density at radius 3 is 1.52 bits per heavy atom. The average Bonchev–Trinajstić information content (AvgIpc) is 3.90. The zero-order valence-corrected chi connectivity index (χ0v) is 28.8. The lowest BCUT2D eigenvalue weighted by molar-refractivity contribution is 0.669. The number of furan rings is 1. The van der Waals surface area contributed by atoms with E-state index in [1.165, 1.54) is 0 Å². The van der Waals surface area contributed by atoms with E-state index in [0.29, 0.717) is 27.9 Å². The molecule has 0 saturated heterocycles. The first kappa shape index (κ1) is 18.1. The number of hydrogen-bond acceptors (Lipinski definition) is 5. The zero-order chi connectivity index (χ0) is 54.7. The Morgan fingerprint density at radius 2 is 0.911 bits per heavy atom. The van der Waals surface area contributed by atoms with Crippen LogP contribution >= 0.6 is 0 Å². The SMILES string of the molecule is [2H]c1c([2H])c([2H])c(N(c2c([2H])c([2H])c([2H])c([2H])c2[2H])c2c([2H])c([2H])c([2H])c(-c3c([2H])c([2H])c4c(oc5c([2H])c([2H])c([2H])c(-c6ccc(-c7nc(-c8ccccc8)nc(-c8ccccc8)n7)cc6)c54)c3[2H])c2[2H])c([2H])c1[2H]. The van der Waals surface area contributed by atoms with Crippen LogP contribution in [0.2, 0.25) is 0 Å². The molecule has 0 saturated carbocycles. The van der Waals surface area contributed by atoms with E-state index in [-0.39, 0.29) is 27.5 Å². The third-order valence-corrected chi connectivity index (χ3v) is 8.71. The Bertz CT molecular complexity index is 3930.